The van der Waals surface area contributed by atoms with E-state index in [1.54, 1.807) is 0 Å². The summed E-state index contributed by atoms with van der Waals surface area (Å²) in [6, 6.07) is 7.68. The average Bonchev–Trinajstić information content (AvgIpc) is 2.78. The van der Waals surface area contributed by atoms with Crippen molar-refractivity contribution in [2.24, 2.45) is 11.3 Å². The second-order valence-electron chi connectivity index (χ2n) is 6.12. The highest BCUT2D eigenvalue weighted by Gasteiger charge is 2.41. The van der Waals surface area contributed by atoms with Gasteiger partial charge in [-0.15, -0.1) is 0 Å². The van der Waals surface area contributed by atoms with Gasteiger partial charge in [0.15, 0.2) is 0 Å². The van der Waals surface area contributed by atoms with Gasteiger partial charge in [0.25, 0.3) is 0 Å². The van der Waals surface area contributed by atoms with Crippen LogP contribution in [0.1, 0.15) is 57.6 Å². The molecular formula is C16H23ClO. The number of rotatable bonds is 4. The zero-order valence-corrected chi connectivity index (χ0v) is 12.1. The third kappa shape index (κ3) is 2.89. The van der Waals surface area contributed by atoms with Crippen LogP contribution in [0.2, 0.25) is 5.02 Å². The number of aliphatic hydroxyl groups excluding tert-OH is 1. The smallest absolute Gasteiger partial charge is 0.0846 e. The molecule has 0 spiro atoms. The van der Waals surface area contributed by atoms with Crippen LogP contribution in [0, 0.1) is 11.3 Å². The maximum absolute atomic E-state index is 10.8. The van der Waals surface area contributed by atoms with Crippen molar-refractivity contribution >= 4 is 11.6 Å². The van der Waals surface area contributed by atoms with Gasteiger partial charge < -0.3 is 5.11 Å². The molecule has 0 aliphatic heterocycles. The molecule has 0 radical (unpaired) electrons. The third-order valence-electron chi connectivity index (χ3n) is 4.18. The number of aliphatic hydroxyl groups is 1. The summed E-state index contributed by atoms with van der Waals surface area (Å²) in [6.45, 7) is 4.49. The van der Waals surface area contributed by atoms with Gasteiger partial charge in [-0.25, -0.2) is 0 Å². The molecule has 1 atom stereocenters. The summed E-state index contributed by atoms with van der Waals surface area (Å²) in [5, 5.41) is 11.5. The highest BCUT2D eigenvalue weighted by molar-refractivity contribution is 6.30. The van der Waals surface area contributed by atoms with Crippen molar-refractivity contribution in [1.82, 2.24) is 0 Å². The molecular weight excluding hydrogens is 244 g/mol. The van der Waals surface area contributed by atoms with E-state index in [0.717, 1.165) is 29.8 Å². The lowest BCUT2D eigenvalue weighted by molar-refractivity contribution is 0.0112. The van der Waals surface area contributed by atoms with Crippen LogP contribution >= 0.6 is 11.6 Å². The van der Waals surface area contributed by atoms with Gasteiger partial charge in [-0.05, 0) is 42.9 Å². The third-order valence-corrected chi connectivity index (χ3v) is 4.43. The van der Waals surface area contributed by atoms with Gasteiger partial charge in [0, 0.05) is 10.4 Å². The topological polar surface area (TPSA) is 20.2 Å². The van der Waals surface area contributed by atoms with Gasteiger partial charge in [0.05, 0.1) is 6.10 Å². The summed E-state index contributed by atoms with van der Waals surface area (Å²) in [5.74, 6) is 0.630. The van der Waals surface area contributed by atoms with Crippen molar-refractivity contribution in [2.75, 3.05) is 0 Å². The first-order valence-corrected chi connectivity index (χ1v) is 7.35. The molecule has 1 saturated carbocycles. The zero-order chi connectivity index (χ0) is 13.2. The first-order chi connectivity index (χ1) is 8.53. The molecule has 1 aromatic rings. The molecule has 0 saturated heterocycles. The second kappa shape index (κ2) is 5.63. The minimum atomic E-state index is -0.348. The minimum Gasteiger partial charge on any atom is -0.388 e. The molecule has 18 heavy (non-hydrogen) atoms. The fourth-order valence-electron chi connectivity index (χ4n) is 3.48. The molecule has 1 aliphatic carbocycles. The highest BCUT2D eigenvalue weighted by Crippen LogP contribution is 2.51. The van der Waals surface area contributed by atoms with Gasteiger partial charge >= 0.3 is 0 Å². The number of benzene rings is 1. The molecule has 1 aromatic carbocycles. The van der Waals surface area contributed by atoms with E-state index >= 15 is 0 Å². The molecule has 0 heterocycles. The van der Waals surface area contributed by atoms with Crippen LogP contribution in [0.4, 0.5) is 0 Å². The van der Waals surface area contributed by atoms with Crippen LogP contribution in [0.25, 0.3) is 0 Å². The zero-order valence-electron chi connectivity index (χ0n) is 11.3. The van der Waals surface area contributed by atoms with Crippen molar-refractivity contribution < 1.29 is 5.11 Å². The fraction of sp³-hybridized carbons (Fsp3) is 0.625. The van der Waals surface area contributed by atoms with Crippen molar-refractivity contribution in [3.05, 3.63) is 34.9 Å². The minimum absolute atomic E-state index is 0.0853. The fourth-order valence-corrected chi connectivity index (χ4v) is 3.61. The Bertz CT molecular complexity index is 377. The Kier molecular flexibility index (Phi) is 4.34. The largest absolute Gasteiger partial charge is 0.388 e. The first-order valence-electron chi connectivity index (χ1n) is 6.97. The maximum atomic E-state index is 10.8. The Labute approximate surface area is 115 Å². The quantitative estimate of drug-likeness (QED) is 0.815. The molecule has 100 valence electrons. The summed E-state index contributed by atoms with van der Waals surface area (Å²) in [7, 11) is 0. The lowest BCUT2D eigenvalue weighted by Gasteiger charge is -2.36. The number of hydrogen-bond donors (Lipinski definition) is 1. The van der Waals surface area contributed by atoms with Crippen molar-refractivity contribution in [1.29, 1.82) is 0 Å². The Hall–Kier alpha value is -0.530. The monoisotopic (exact) mass is 266 g/mol. The van der Waals surface area contributed by atoms with E-state index in [-0.39, 0.29) is 11.5 Å². The summed E-state index contributed by atoms with van der Waals surface area (Å²) >= 11 is 5.91. The van der Waals surface area contributed by atoms with Gasteiger partial charge in [-0.2, -0.15) is 0 Å². The standard InChI is InChI=1S/C16H23ClO/c1-12(2)11-16(9-3-4-10-16)15(18)13-5-7-14(17)8-6-13/h5-8,12,15,18H,3-4,9-11H2,1-2H3. The number of halogens is 1. The highest BCUT2D eigenvalue weighted by atomic mass is 35.5. The van der Waals surface area contributed by atoms with E-state index in [1.165, 1.54) is 12.8 Å². The Morgan fingerprint density at radius 3 is 2.22 bits per heavy atom. The second-order valence-corrected chi connectivity index (χ2v) is 6.56. The number of hydrogen-bond acceptors (Lipinski definition) is 1. The molecule has 1 N–H and O–H groups in total. The molecule has 1 nitrogen and oxygen atoms in total. The Morgan fingerprint density at radius 1 is 1.17 bits per heavy atom. The van der Waals surface area contributed by atoms with E-state index in [0.29, 0.717) is 5.92 Å². The van der Waals surface area contributed by atoms with Crippen LogP contribution in [0.3, 0.4) is 0 Å². The summed E-state index contributed by atoms with van der Waals surface area (Å²) < 4.78 is 0. The van der Waals surface area contributed by atoms with Crippen molar-refractivity contribution in [3.8, 4) is 0 Å². The van der Waals surface area contributed by atoms with E-state index in [4.69, 9.17) is 11.6 Å². The lowest BCUT2D eigenvalue weighted by Crippen LogP contribution is -2.27. The molecule has 2 heteroatoms. The molecule has 1 unspecified atom stereocenters. The molecule has 1 aliphatic rings. The van der Waals surface area contributed by atoms with Crippen LogP contribution in [0.5, 0.6) is 0 Å². The predicted octanol–water partition coefficient (Wildman–Crippen LogP) is 4.98. The van der Waals surface area contributed by atoms with E-state index in [9.17, 15) is 5.11 Å². The summed E-state index contributed by atoms with van der Waals surface area (Å²) in [5.41, 5.74) is 1.10. The van der Waals surface area contributed by atoms with Crippen molar-refractivity contribution in [3.63, 3.8) is 0 Å². The van der Waals surface area contributed by atoms with E-state index in [1.807, 2.05) is 24.3 Å². The molecule has 0 amide bonds. The molecule has 2 rings (SSSR count). The SMILES string of the molecule is CC(C)CC1(C(O)c2ccc(Cl)cc2)CCCC1. The van der Waals surface area contributed by atoms with Crippen LogP contribution in [0.15, 0.2) is 24.3 Å². The van der Waals surface area contributed by atoms with E-state index < -0.39 is 0 Å². The maximum Gasteiger partial charge on any atom is 0.0846 e. The van der Waals surface area contributed by atoms with Gasteiger partial charge in [-0.1, -0.05) is 50.4 Å². The van der Waals surface area contributed by atoms with Gasteiger partial charge in [0.1, 0.15) is 0 Å². The molecule has 0 bridgehead atoms. The first kappa shape index (κ1) is 13.9. The Morgan fingerprint density at radius 2 is 1.72 bits per heavy atom. The normalized spacial score (nSPS) is 20.3. The van der Waals surface area contributed by atoms with E-state index in [2.05, 4.69) is 13.8 Å². The van der Waals surface area contributed by atoms with Crippen LogP contribution < -0.4 is 0 Å². The van der Waals surface area contributed by atoms with Crippen molar-refractivity contribution in [2.45, 2.75) is 52.1 Å². The summed E-state index contributed by atoms with van der Waals surface area (Å²) in [4.78, 5) is 0. The van der Waals surface area contributed by atoms with Gasteiger partial charge in [0.2, 0.25) is 0 Å². The summed E-state index contributed by atoms with van der Waals surface area (Å²) in [6.07, 6.45) is 5.55. The van der Waals surface area contributed by atoms with Gasteiger partial charge in [-0.3, -0.25) is 0 Å². The lowest BCUT2D eigenvalue weighted by atomic mass is 9.72. The van der Waals surface area contributed by atoms with Crippen LogP contribution in [-0.2, 0) is 0 Å². The molecule has 1 fully saturated rings. The molecule has 0 aromatic heterocycles. The van der Waals surface area contributed by atoms with Crippen LogP contribution in [-0.4, -0.2) is 5.11 Å². The Balaban J connectivity index is 2.22. The average molecular weight is 267 g/mol. The predicted molar refractivity (Wildman–Crippen MR) is 76.8 cm³/mol.